The van der Waals surface area contributed by atoms with Gasteiger partial charge in [0.05, 0.1) is 16.0 Å². The summed E-state index contributed by atoms with van der Waals surface area (Å²) in [5.41, 5.74) is -1.05. The molecule has 0 amide bonds. The summed E-state index contributed by atoms with van der Waals surface area (Å²) in [7, 11) is -4.11. The lowest BCUT2D eigenvalue weighted by molar-refractivity contribution is -0.138. The molecule has 3 aromatic rings. The van der Waals surface area contributed by atoms with Crippen molar-refractivity contribution in [2.45, 2.75) is 29.5 Å². The summed E-state index contributed by atoms with van der Waals surface area (Å²) in [5.74, 6) is 0. The largest absolute Gasteiger partial charge is 0.445 e. The zero-order chi connectivity index (χ0) is 20.3. The zero-order valence-electron chi connectivity index (χ0n) is 13.4. The average molecular weight is 450 g/mol. The number of halogens is 4. The zero-order valence-corrected chi connectivity index (χ0v) is 15.8. The molecule has 1 saturated carbocycles. The summed E-state index contributed by atoms with van der Waals surface area (Å²) in [5, 5.41) is 21.5. The topological polar surface area (TPSA) is 126 Å². The Morgan fingerprint density at radius 2 is 2.00 bits per heavy atom. The van der Waals surface area contributed by atoms with Crippen LogP contribution in [0.15, 0.2) is 17.0 Å². The number of aromatic nitrogens is 5. The quantitative estimate of drug-likeness (QED) is 0.647. The Labute approximate surface area is 163 Å². The van der Waals surface area contributed by atoms with Gasteiger partial charge >= 0.3 is 6.18 Å². The summed E-state index contributed by atoms with van der Waals surface area (Å²) in [4.78, 5) is -0.282. The second-order valence-corrected chi connectivity index (χ2v) is 9.01. The maximum atomic E-state index is 12.8. The molecule has 0 spiro atoms. The number of nitrogens with one attached hydrogen (secondary N) is 1. The molecule has 9 nitrogen and oxygen atoms in total. The maximum absolute atomic E-state index is 12.8. The van der Waals surface area contributed by atoms with E-state index >= 15 is 0 Å². The number of sulfonamides is 1. The summed E-state index contributed by atoms with van der Waals surface area (Å²) >= 11 is 6.30. The number of alkyl halides is 3. The van der Waals surface area contributed by atoms with E-state index in [0.29, 0.717) is 12.8 Å². The highest BCUT2D eigenvalue weighted by Gasteiger charge is 2.47. The Bertz CT molecular complexity index is 1240. The van der Waals surface area contributed by atoms with Gasteiger partial charge < -0.3 is 0 Å². The van der Waals surface area contributed by atoms with Crippen LogP contribution >= 0.6 is 22.9 Å². The standard InChI is InChI=1S/C13H7ClF3N7O2S2/c14-7-3-6(28(25,26)22-12(5-18)1-2-12)4-8-9(7)19-23-24(8)11-21-20-10(27-11)13(15,16)17/h3-4,22H,1-2H2. The molecule has 0 unspecified atom stereocenters. The number of nitrogens with zero attached hydrogens (tertiary/aromatic N) is 6. The van der Waals surface area contributed by atoms with Gasteiger partial charge in [-0.05, 0) is 25.0 Å². The van der Waals surface area contributed by atoms with Crippen molar-refractivity contribution in [1.29, 1.82) is 5.26 Å². The van der Waals surface area contributed by atoms with Crippen molar-refractivity contribution in [3.63, 3.8) is 0 Å². The fraction of sp³-hybridized carbons (Fsp3) is 0.308. The van der Waals surface area contributed by atoms with E-state index < -0.39 is 26.7 Å². The maximum Gasteiger partial charge on any atom is 0.445 e. The van der Waals surface area contributed by atoms with Gasteiger partial charge in [0, 0.05) is 0 Å². The van der Waals surface area contributed by atoms with Gasteiger partial charge in [0.25, 0.3) is 0 Å². The van der Waals surface area contributed by atoms with Crippen LogP contribution in [0.25, 0.3) is 16.2 Å². The second kappa shape index (κ2) is 6.08. The van der Waals surface area contributed by atoms with Crippen molar-refractivity contribution >= 4 is 44.0 Å². The van der Waals surface area contributed by atoms with Gasteiger partial charge in [-0.3, -0.25) is 0 Å². The lowest BCUT2D eigenvalue weighted by Gasteiger charge is -2.10. The van der Waals surface area contributed by atoms with Crippen LogP contribution in [0, 0.1) is 11.3 Å². The molecule has 1 N–H and O–H groups in total. The fourth-order valence-electron chi connectivity index (χ4n) is 2.35. The number of fused-ring (bicyclic) bond motifs is 1. The van der Waals surface area contributed by atoms with Crippen molar-refractivity contribution in [3.05, 3.63) is 22.2 Å². The molecule has 0 atom stereocenters. The lowest BCUT2D eigenvalue weighted by atomic mass is 10.3. The highest BCUT2D eigenvalue weighted by atomic mass is 35.5. The van der Waals surface area contributed by atoms with E-state index in [9.17, 15) is 21.6 Å². The lowest BCUT2D eigenvalue weighted by Crippen LogP contribution is -2.35. The number of hydrogen-bond acceptors (Lipinski definition) is 8. The highest BCUT2D eigenvalue weighted by Crippen LogP contribution is 2.37. The smallest absolute Gasteiger partial charge is 0.207 e. The van der Waals surface area contributed by atoms with Crippen LogP contribution < -0.4 is 4.72 Å². The number of benzene rings is 1. The summed E-state index contributed by atoms with van der Waals surface area (Å²) < 4.78 is 66.7. The molecule has 1 aliphatic carbocycles. The van der Waals surface area contributed by atoms with E-state index in [-0.39, 0.29) is 37.4 Å². The minimum atomic E-state index is -4.68. The first kappa shape index (κ1) is 19.0. The van der Waals surface area contributed by atoms with E-state index in [2.05, 4.69) is 25.2 Å². The fourth-order valence-corrected chi connectivity index (χ4v) is 4.76. The molecule has 2 aromatic heterocycles. The molecule has 1 aromatic carbocycles. The molecule has 15 heteroatoms. The second-order valence-electron chi connectivity index (χ2n) is 5.96. The number of hydrogen-bond donors (Lipinski definition) is 1. The Hall–Kier alpha value is -2.34. The molecular weight excluding hydrogens is 443 g/mol. The number of rotatable bonds is 4. The summed E-state index contributed by atoms with van der Waals surface area (Å²) in [6, 6.07) is 4.17. The van der Waals surface area contributed by atoms with Gasteiger partial charge in [-0.1, -0.05) is 28.2 Å². The van der Waals surface area contributed by atoms with Gasteiger partial charge in [-0.25, -0.2) is 8.42 Å². The van der Waals surface area contributed by atoms with Crippen LogP contribution in [0.3, 0.4) is 0 Å². The first-order valence-corrected chi connectivity index (χ1v) is 10.1. The van der Waals surface area contributed by atoms with Crippen molar-refractivity contribution in [1.82, 2.24) is 29.9 Å². The van der Waals surface area contributed by atoms with Gasteiger partial charge in [0.1, 0.15) is 16.6 Å². The van der Waals surface area contributed by atoms with E-state index in [1.165, 1.54) is 0 Å². The molecule has 0 radical (unpaired) electrons. The first-order valence-electron chi connectivity index (χ1n) is 7.46. The molecule has 1 aliphatic rings. The molecule has 2 heterocycles. The predicted octanol–water partition coefficient (Wildman–Crippen LogP) is 2.28. The van der Waals surface area contributed by atoms with Crippen molar-refractivity contribution in [3.8, 4) is 11.2 Å². The first-order chi connectivity index (χ1) is 13.0. The predicted molar refractivity (Wildman–Crippen MR) is 90.2 cm³/mol. The van der Waals surface area contributed by atoms with Crippen molar-refractivity contribution in [2.75, 3.05) is 0 Å². The van der Waals surface area contributed by atoms with E-state index in [1.807, 2.05) is 6.07 Å². The Morgan fingerprint density at radius 3 is 2.57 bits per heavy atom. The normalized spacial score (nSPS) is 16.2. The van der Waals surface area contributed by atoms with E-state index in [1.54, 1.807) is 0 Å². The monoisotopic (exact) mass is 449 g/mol. The van der Waals surface area contributed by atoms with Gasteiger partial charge in [0.15, 0.2) is 0 Å². The van der Waals surface area contributed by atoms with Crippen molar-refractivity contribution < 1.29 is 21.6 Å². The minimum Gasteiger partial charge on any atom is -0.207 e. The Kier molecular flexibility index (Phi) is 4.12. The van der Waals surface area contributed by atoms with E-state index in [4.69, 9.17) is 16.9 Å². The van der Waals surface area contributed by atoms with Crippen LogP contribution in [0.4, 0.5) is 13.2 Å². The Morgan fingerprint density at radius 1 is 1.29 bits per heavy atom. The van der Waals surface area contributed by atoms with Crippen LogP contribution in [-0.4, -0.2) is 39.1 Å². The van der Waals surface area contributed by atoms with E-state index in [0.717, 1.165) is 16.8 Å². The van der Waals surface area contributed by atoms with Gasteiger partial charge in [-0.15, -0.1) is 15.3 Å². The highest BCUT2D eigenvalue weighted by molar-refractivity contribution is 7.89. The molecule has 0 saturated heterocycles. The summed E-state index contributed by atoms with van der Waals surface area (Å²) in [6.45, 7) is 0. The molecule has 4 rings (SSSR count). The molecule has 0 bridgehead atoms. The van der Waals surface area contributed by atoms with Gasteiger partial charge in [-0.2, -0.15) is 27.8 Å². The molecule has 1 fully saturated rings. The third-order valence-corrected chi connectivity index (χ3v) is 6.67. The van der Waals surface area contributed by atoms with Gasteiger partial charge in [0.2, 0.25) is 20.2 Å². The summed E-state index contributed by atoms with van der Waals surface area (Å²) in [6.07, 6.45) is -3.93. The molecule has 0 aliphatic heterocycles. The molecular formula is C13H7ClF3N7O2S2. The molecule has 28 heavy (non-hydrogen) atoms. The van der Waals surface area contributed by atoms with Crippen LogP contribution in [-0.2, 0) is 16.2 Å². The van der Waals surface area contributed by atoms with Crippen molar-refractivity contribution in [2.24, 2.45) is 0 Å². The SMILES string of the molecule is N#CC1(NS(=O)(=O)c2cc(Cl)c3nnn(-c4nnc(C(F)(F)F)s4)c3c2)CC1. The van der Waals surface area contributed by atoms with Crippen LogP contribution in [0.1, 0.15) is 17.8 Å². The third-order valence-electron chi connectivity index (χ3n) is 3.92. The minimum absolute atomic E-state index is 0.0274. The molecule has 146 valence electrons. The average Bonchev–Trinajstić information content (AvgIpc) is 3.03. The third kappa shape index (κ3) is 3.20. The van der Waals surface area contributed by atoms with Crippen LogP contribution in [0.5, 0.6) is 0 Å². The Balaban J connectivity index is 1.81. The van der Waals surface area contributed by atoms with Crippen LogP contribution in [0.2, 0.25) is 5.02 Å². The number of nitriles is 1.